The fourth-order valence-electron chi connectivity index (χ4n) is 5.01. The number of anilines is 4. The summed E-state index contributed by atoms with van der Waals surface area (Å²) in [6.07, 6.45) is 5.99. The van der Waals surface area contributed by atoms with Gasteiger partial charge in [-0.05, 0) is 106 Å². The van der Waals surface area contributed by atoms with E-state index in [1.54, 1.807) is 59.9 Å². The second-order valence-electron chi connectivity index (χ2n) is 9.86. The molecule has 0 radical (unpaired) electrons. The molecule has 0 saturated carbocycles. The van der Waals surface area contributed by atoms with Crippen LogP contribution in [0.2, 0.25) is 0 Å². The molecule has 2 N–H and O–H groups in total. The number of nitrogens with one attached hydrogen (secondary N) is 2. The zero-order chi connectivity index (χ0) is 25.8. The summed E-state index contributed by atoms with van der Waals surface area (Å²) in [6.45, 7) is 6.30. The van der Waals surface area contributed by atoms with Gasteiger partial charge in [0.1, 0.15) is 11.6 Å². The van der Waals surface area contributed by atoms with Crippen molar-refractivity contribution in [1.29, 1.82) is 0 Å². The molecule has 8 nitrogen and oxygen atoms in total. The first-order valence-corrected chi connectivity index (χ1v) is 14.3. The van der Waals surface area contributed by atoms with Crippen molar-refractivity contribution < 1.29 is 12.8 Å². The van der Waals surface area contributed by atoms with Crippen LogP contribution in [0.3, 0.4) is 0 Å². The average molecular weight is 525 g/mol. The first-order valence-electron chi connectivity index (χ1n) is 12.8. The summed E-state index contributed by atoms with van der Waals surface area (Å²) in [5.74, 6) is 1.23. The first-order chi connectivity index (χ1) is 17.9. The molecule has 196 valence electrons. The van der Waals surface area contributed by atoms with Crippen molar-refractivity contribution in [3.05, 3.63) is 66.1 Å². The molecule has 0 amide bonds. The molecule has 3 heterocycles. The van der Waals surface area contributed by atoms with Gasteiger partial charge in [-0.1, -0.05) is 0 Å². The number of benzene rings is 2. The van der Waals surface area contributed by atoms with Gasteiger partial charge in [0.15, 0.2) is 0 Å². The van der Waals surface area contributed by atoms with Crippen LogP contribution in [-0.4, -0.2) is 60.3 Å². The molecule has 37 heavy (non-hydrogen) atoms. The largest absolute Gasteiger partial charge is 0.340 e. The van der Waals surface area contributed by atoms with Gasteiger partial charge in [-0.15, -0.1) is 0 Å². The van der Waals surface area contributed by atoms with E-state index < -0.39 is 10.0 Å². The molecule has 0 unspecified atom stereocenters. The molecule has 0 aliphatic carbocycles. The van der Waals surface area contributed by atoms with Crippen molar-refractivity contribution in [2.24, 2.45) is 5.92 Å². The lowest BCUT2D eigenvalue weighted by Crippen LogP contribution is -2.41. The number of hydrogen-bond acceptors (Lipinski definition) is 7. The molecule has 2 saturated heterocycles. The number of sulfonamides is 1. The van der Waals surface area contributed by atoms with E-state index in [-0.39, 0.29) is 5.82 Å². The van der Waals surface area contributed by atoms with E-state index in [0.717, 1.165) is 25.1 Å². The van der Waals surface area contributed by atoms with Crippen LogP contribution in [0, 0.1) is 18.7 Å². The van der Waals surface area contributed by atoms with Crippen molar-refractivity contribution >= 4 is 33.2 Å². The topological polar surface area (TPSA) is 90.5 Å². The normalized spacial score (nSPS) is 17.7. The quantitative estimate of drug-likeness (QED) is 0.433. The SMILES string of the molecule is Cc1cc(Nc2ccnc(Nc3ccc(S(=O)(=O)N4CCC(CN5CCCC5)CC4)cc3)n2)ccc1F. The Balaban J connectivity index is 1.19. The van der Waals surface area contributed by atoms with Crippen LogP contribution >= 0.6 is 0 Å². The Bertz CT molecular complexity index is 1320. The molecule has 2 fully saturated rings. The summed E-state index contributed by atoms with van der Waals surface area (Å²) in [4.78, 5) is 11.5. The monoisotopic (exact) mass is 524 g/mol. The lowest BCUT2D eigenvalue weighted by atomic mass is 9.98. The van der Waals surface area contributed by atoms with Crippen molar-refractivity contribution in [1.82, 2.24) is 19.2 Å². The van der Waals surface area contributed by atoms with Gasteiger partial charge in [-0.25, -0.2) is 17.8 Å². The number of likely N-dealkylation sites (tertiary alicyclic amines) is 1. The third-order valence-corrected chi connectivity index (χ3v) is 9.04. The molecule has 0 bridgehead atoms. The molecule has 2 aliphatic heterocycles. The third-order valence-electron chi connectivity index (χ3n) is 7.12. The Morgan fingerprint density at radius 3 is 2.35 bits per heavy atom. The van der Waals surface area contributed by atoms with Crippen molar-refractivity contribution in [3.8, 4) is 0 Å². The molecule has 0 atom stereocenters. The Morgan fingerprint density at radius 2 is 1.65 bits per heavy atom. The molecule has 2 aliphatic rings. The molecular formula is C27H33FN6O2S. The maximum absolute atomic E-state index is 13.5. The van der Waals surface area contributed by atoms with E-state index in [1.165, 1.54) is 32.0 Å². The van der Waals surface area contributed by atoms with Gasteiger partial charge >= 0.3 is 0 Å². The average Bonchev–Trinajstić information content (AvgIpc) is 3.40. The maximum atomic E-state index is 13.5. The number of rotatable bonds is 8. The van der Waals surface area contributed by atoms with Crippen molar-refractivity contribution in [2.75, 3.05) is 43.4 Å². The van der Waals surface area contributed by atoms with E-state index in [9.17, 15) is 12.8 Å². The number of halogens is 1. The number of piperidine rings is 1. The Kier molecular flexibility index (Phi) is 7.68. The lowest BCUT2D eigenvalue weighted by Gasteiger charge is -2.33. The minimum atomic E-state index is -3.53. The zero-order valence-corrected chi connectivity index (χ0v) is 21.8. The van der Waals surface area contributed by atoms with Gasteiger partial charge in [0, 0.05) is 37.2 Å². The van der Waals surface area contributed by atoms with Crippen LogP contribution in [0.5, 0.6) is 0 Å². The van der Waals surface area contributed by atoms with Gasteiger partial charge in [0.25, 0.3) is 0 Å². The molecule has 2 aromatic carbocycles. The molecule has 10 heteroatoms. The summed E-state index contributed by atoms with van der Waals surface area (Å²) < 4.78 is 41.6. The van der Waals surface area contributed by atoms with E-state index in [2.05, 4.69) is 25.5 Å². The predicted molar refractivity (Wildman–Crippen MR) is 143 cm³/mol. The highest BCUT2D eigenvalue weighted by molar-refractivity contribution is 7.89. The van der Waals surface area contributed by atoms with Crippen molar-refractivity contribution in [2.45, 2.75) is 37.5 Å². The van der Waals surface area contributed by atoms with E-state index >= 15 is 0 Å². The molecule has 0 spiro atoms. The number of aryl methyl sites for hydroxylation is 1. The minimum Gasteiger partial charge on any atom is -0.340 e. The Labute approximate surface area is 218 Å². The highest BCUT2D eigenvalue weighted by atomic mass is 32.2. The Morgan fingerprint density at radius 1 is 0.946 bits per heavy atom. The number of nitrogens with zero attached hydrogens (tertiary/aromatic N) is 4. The summed E-state index contributed by atoms with van der Waals surface area (Å²) in [5, 5.41) is 6.25. The van der Waals surface area contributed by atoms with Crippen LogP contribution in [0.15, 0.2) is 59.6 Å². The summed E-state index contributed by atoms with van der Waals surface area (Å²) >= 11 is 0. The standard InChI is InChI=1S/C27H33FN6O2S/c1-20-18-23(6-9-25(20)28)30-26-10-13-29-27(32-26)31-22-4-7-24(8-5-22)37(35,36)34-16-11-21(12-17-34)19-33-14-2-3-15-33/h4-10,13,18,21H,2-3,11-12,14-17,19H2,1H3,(H2,29,30,31,32). The predicted octanol–water partition coefficient (Wildman–Crippen LogP) is 4.91. The minimum absolute atomic E-state index is 0.261. The smallest absolute Gasteiger partial charge is 0.243 e. The van der Waals surface area contributed by atoms with E-state index in [1.807, 2.05) is 0 Å². The van der Waals surface area contributed by atoms with Crippen molar-refractivity contribution in [3.63, 3.8) is 0 Å². The van der Waals surface area contributed by atoms with Crippen LogP contribution in [0.4, 0.5) is 27.5 Å². The van der Waals surface area contributed by atoms with Crippen LogP contribution in [0.25, 0.3) is 0 Å². The van der Waals surface area contributed by atoms with Crippen LogP contribution in [-0.2, 0) is 10.0 Å². The maximum Gasteiger partial charge on any atom is 0.243 e. The van der Waals surface area contributed by atoms with Crippen LogP contribution < -0.4 is 10.6 Å². The lowest BCUT2D eigenvalue weighted by molar-refractivity contribution is 0.206. The second-order valence-corrected chi connectivity index (χ2v) is 11.8. The highest BCUT2D eigenvalue weighted by Crippen LogP contribution is 2.27. The van der Waals surface area contributed by atoms with Crippen LogP contribution in [0.1, 0.15) is 31.2 Å². The molecule has 1 aromatic heterocycles. The zero-order valence-electron chi connectivity index (χ0n) is 21.0. The summed E-state index contributed by atoms with van der Waals surface area (Å²) in [6, 6.07) is 13.2. The van der Waals surface area contributed by atoms with Gasteiger partial charge < -0.3 is 15.5 Å². The Hall–Kier alpha value is -3.08. The first kappa shape index (κ1) is 25.6. The molecule has 5 rings (SSSR count). The van der Waals surface area contributed by atoms with Gasteiger partial charge in [0.2, 0.25) is 16.0 Å². The molecule has 3 aromatic rings. The third kappa shape index (κ3) is 6.26. The summed E-state index contributed by atoms with van der Waals surface area (Å²) in [7, 11) is -3.53. The number of aromatic nitrogens is 2. The van der Waals surface area contributed by atoms with E-state index in [4.69, 9.17) is 0 Å². The van der Waals surface area contributed by atoms with Gasteiger partial charge in [-0.3, -0.25) is 0 Å². The fraction of sp³-hybridized carbons (Fsp3) is 0.407. The van der Waals surface area contributed by atoms with E-state index in [0.29, 0.717) is 46.9 Å². The second kappa shape index (κ2) is 11.1. The van der Waals surface area contributed by atoms with Gasteiger partial charge in [0.05, 0.1) is 4.90 Å². The highest BCUT2D eigenvalue weighted by Gasteiger charge is 2.30. The molecular weight excluding hydrogens is 491 g/mol. The number of hydrogen-bond donors (Lipinski definition) is 2. The van der Waals surface area contributed by atoms with Gasteiger partial charge in [-0.2, -0.15) is 9.29 Å². The summed E-state index contributed by atoms with van der Waals surface area (Å²) in [5.41, 5.74) is 1.94. The fourth-order valence-corrected chi connectivity index (χ4v) is 6.48.